The summed E-state index contributed by atoms with van der Waals surface area (Å²) in [4.78, 5) is 0. The predicted molar refractivity (Wildman–Crippen MR) is 87.8 cm³/mol. The van der Waals surface area contributed by atoms with Gasteiger partial charge in [0.05, 0.1) is 0 Å². The molecular weight excluding hydrogens is 260 g/mol. The standard InChI is InChI=1S/C18H20N2O/c1-2-4-17-15(3-1)16-11-14(5-6-18(16)21-17)20-12-13-7-9-19-10-8-13/h1-6,11,13,19-20H,7-10,12H2. The van der Waals surface area contributed by atoms with Crippen molar-refractivity contribution in [3.8, 4) is 0 Å². The van der Waals surface area contributed by atoms with Crippen molar-refractivity contribution in [2.24, 2.45) is 5.92 Å². The lowest BCUT2D eigenvalue weighted by Crippen LogP contribution is -2.31. The Labute approximate surface area is 124 Å². The van der Waals surface area contributed by atoms with Gasteiger partial charge in [-0.1, -0.05) is 18.2 Å². The molecule has 0 unspecified atom stereocenters. The monoisotopic (exact) mass is 280 g/mol. The first kappa shape index (κ1) is 12.7. The summed E-state index contributed by atoms with van der Waals surface area (Å²) in [6.45, 7) is 3.36. The zero-order valence-electron chi connectivity index (χ0n) is 12.1. The maximum Gasteiger partial charge on any atom is 0.135 e. The molecule has 2 aromatic carbocycles. The minimum absolute atomic E-state index is 0.781. The second kappa shape index (κ2) is 5.41. The molecule has 0 spiro atoms. The number of fused-ring (bicyclic) bond motifs is 3. The topological polar surface area (TPSA) is 37.2 Å². The lowest BCUT2D eigenvalue weighted by atomic mass is 9.98. The van der Waals surface area contributed by atoms with E-state index < -0.39 is 0 Å². The van der Waals surface area contributed by atoms with Gasteiger partial charge in [-0.05, 0) is 56.1 Å². The van der Waals surface area contributed by atoms with Gasteiger partial charge < -0.3 is 15.1 Å². The summed E-state index contributed by atoms with van der Waals surface area (Å²) < 4.78 is 5.87. The van der Waals surface area contributed by atoms with Gasteiger partial charge in [0.15, 0.2) is 0 Å². The van der Waals surface area contributed by atoms with Crippen LogP contribution in [0.15, 0.2) is 46.9 Å². The molecule has 3 aromatic rings. The minimum Gasteiger partial charge on any atom is -0.456 e. The number of furan rings is 1. The van der Waals surface area contributed by atoms with E-state index >= 15 is 0 Å². The summed E-state index contributed by atoms with van der Waals surface area (Å²) in [7, 11) is 0. The Bertz CT molecular complexity index is 756. The van der Waals surface area contributed by atoms with E-state index in [9.17, 15) is 0 Å². The molecule has 1 aliphatic rings. The quantitative estimate of drug-likeness (QED) is 0.761. The molecule has 108 valence electrons. The molecule has 2 heterocycles. The molecular formula is C18H20N2O. The molecule has 3 nitrogen and oxygen atoms in total. The predicted octanol–water partition coefficient (Wildman–Crippen LogP) is 4.00. The number of hydrogen-bond donors (Lipinski definition) is 2. The van der Waals surface area contributed by atoms with Crippen LogP contribution in [0.5, 0.6) is 0 Å². The van der Waals surface area contributed by atoms with E-state index in [1.165, 1.54) is 29.3 Å². The number of rotatable bonds is 3. The van der Waals surface area contributed by atoms with E-state index in [0.29, 0.717) is 0 Å². The number of benzene rings is 2. The van der Waals surface area contributed by atoms with Crippen molar-refractivity contribution < 1.29 is 4.42 Å². The lowest BCUT2D eigenvalue weighted by molar-refractivity contribution is 0.390. The number of hydrogen-bond acceptors (Lipinski definition) is 3. The van der Waals surface area contributed by atoms with E-state index in [1.54, 1.807) is 0 Å². The van der Waals surface area contributed by atoms with Crippen molar-refractivity contribution in [3.05, 3.63) is 42.5 Å². The minimum atomic E-state index is 0.781. The summed E-state index contributed by atoms with van der Waals surface area (Å²) in [5.74, 6) is 0.781. The maximum absolute atomic E-state index is 5.87. The Morgan fingerprint density at radius 3 is 2.71 bits per heavy atom. The number of nitrogens with one attached hydrogen (secondary N) is 2. The fourth-order valence-electron chi connectivity index (χ4n) is 3.18. The fraction of sp³-hybridized carbons (Fsp3) is 0.333. The molecule has 21 heavy (non-hydrogen) atoms. The summed E-state index contributed by atoms with van der Waals surface area (Å²) in [5.41, 5.74) is 3.11. The number of piperidine rings is 1. The van der Waals surface area contributed by atoms with Gasteiger partial charge in [0.2, 0.25) is 0 Å². The Morgan fingerprint density at radius 1 is 1.00 bits per heavy atom. The second-order valence-corrected chi connectivity index (χ2v) is 5.88. The maximum atomic E-state index is 5.87. The zero-order valence-corrected chi connectivity index (χ0v) is 12.1. The Hall–Kier alpha value is -2.00. The Kier molecular flexibility index (Phi) is 3.28. The van der Waals surface area contributed by atoms with Crippen LogP contribution in [0.2, 0.25) is 0 Å². The first-order valence-corrected chi connectivity index (χ1v) is 7.76. The number of anilines is 1. The molecule has 1 aromatic heterocycles. The molecule has 0 saturated carbocycles. The van der Waals surface area contributed by atoms with E-state index in [-0.39, 0.29) is 0 Å². The molecule has 2 N–H and O–H groups in total. The second-order valence-electron chi connectivity index (χ2n) is 5.88. The van der Waals surface area contributed by atoms with Crippen molar-refractivity contribution in [2.75, 3.05) is 25.0 Å². The third-order valence-corrected chi connectivity index (χ3v) is 4.43. The van der Waals surface area contributed by atoms with Crippen LogP contribution in [-0.4, -0.2) is 19.6 Å². The fourth-order valence-corrected chi connectivity index (χ4v) is 3.18. The Balaban J connectivity index is 1.59. The summed E-state index contributed by atoms with van der Waals surface area (Å²) >= 11 is 0. The highest BCUT2D eigenvalue weighted by molar-refractivity contribution is 6.05. The van der Waals surface area contributed by atoms with Crippen LogP contribution < -0.4 is 10.6 Å². The molecule has 0 radical (unpaired) electrons. The third-order valence-electron chi connectivity index (χ3n) is 4.43. The van der Waals surface area contributed by atoms with Crippen LogP contribution in [0.3, 0.4) is 0 Å². The molecule has 4 rings (SSSR count). The highest BCUT2D eigenvalue weighted by Gasteiger charge is 2.13. The average Bonchev–Trinajstić information content (AvgIpc) is 2.92. The summed E-state index contributed by atoms with van der Waals surface area (Å²) in [6.07, 6.45) is 2.54. The van der Waals surface area contributed by atoms with Crippen LogP contribution in [0.25, 0.3) is 21.9 Å². The van der Waals surface area contributed by atoms with Crippen LogP contribution in [-0.2, 0) is 0 Å². The van der Waals surface area contributed by atoms with Crippen LogP contribution in [0.1, 0.15) is 12.8 Å². The highest BCUT2D eigenvalue weighted by atomic mass is 16.3. The summed E-state index contributed by atoms with van der Waals surface area (Å²) in [5, 5.41) is 9.39. The van der Waals surface area contributed by atoms with Gasteiger partial charge in [-0.3, -0.25) is 0 Å². The van der Waals surface area contributed by atoms with Gasteiger partial charge in [-0.25, -0.2) is 0 Å². The average molecular weight is 280 g/mol. The van der Waals surface area contributed by atoms with Gasteiger partial charge in [0.1, 0.15) is 11.2 Å². The Morgan fingerprint density at radius 2 is 1.81 bits per heavy atom. The molecule has 0 aliphatic carbocycles. The normalized spacial score (nSPS) is 16.6. The van der Waals surface area contributed by atoms with E-state index in [0.717, 1.165) is 36.7 Å². The van der Waals surface area contributed by atoms with Crippen molar-refractivity contribution >= 4 is 27.6 Å². The largest absolute Gasteiger partial charge is 0.456 e. The molecule has 3 heteroatoms. The highest BCUT2D eigenvalue weighted by Crippen LogP contribution is 2.30. The lowest BCUT2D eigenvalue weighted by Gasteiger charge is -2.23. The van der Waals surface area contributed by atoms with Gasteiger partial charge in [-0.2, -0.15) is 0 Å². The first-order chi connectivity index (χ1) is 10.4. The molecule has 1 saturated heterocycles. The molecule has 0 amide bonds. The molecule has 1 aliphatic heterocycles. The van der Waals surface area contributed by atoms with E-state index in [2.05, 4.69) is 41.0 Å². The first-order valence-electron chi connectivity index (χ1n) is 7.76. The van der Waals surface area contributed by atoms with E-state index in [1.807, 2.05) is 12.1 Å². The molecule has 0 atom stereocenters. The van der Waals surface area contributed by atoms with Crippen molar-refractivity contribution in [1.29, 1.82) is 0 Å². The zero-order chi connectivity index (χ0) is 14.1. The number of para-hydroxylation sites is 1. The van der Waals surface area contributed by atoms with Gasteiger partial charge in [0, 0.05) is 23.0 Å². The SMILES string of the molecule is c1ccc2c(c1)oc1ccc(NCC3CCNCC3)cc12. The van der Waals surface area contributed by atoms with Gasteiger partial charge in [-0.15, -0.1) is 0 Å². The van der Waals surface area contributed by atoms with Crippen LogP contribution >= 0.6 is 0 Å². The molecule has 1 fully saturated rings. The van der Waals surface area contributed by atoms with Crippen LogP contribution in [0, 0.1) is 5.92 Å². The van der Waals surface area contributed by atoms with Crippen molar-refractivity contribution in [3.63, 3.8) is 0 Å². The van der Waals surface area contributed by atoms with Crippen molar-refractivity contribution in [1.82, 2.24) is 5.32 Å². The van der Waals surface area contributed by atoms with Crippen molar-refractivity contribution in [2.45, 2.75) is 12.8 Å². The van der Waals surface area contributed by atoms with Gasteiger partial charge >= 0.3 is 0 Å². The smallest absolute Gasteiger partial charge is 0.135 e. The van der Waals surface area contributed by atoms with Crippen LogP contribution in [0.4, 0.5) is 5.69 Å². The summed E-state index contributed by atoms with van der Waals surface area (Å²) in [6, 6.07) is 14.6. The van der Waals surface area contributed by atoms with Gasteiger partial charge in [0.25, 0.3) is 0 Å². The van der Waals surface area contributed by atoms with E-state index in [4.69, 9.17) is 4.42 Å². The molecule has 0 bridgehead atoms. The third kappa shape index (κ3) is 2.49.